The number of carbonyl (C=O) groups excluding carboxylic acids is 1. The molecule has 0 spiro atoms. The van der Waals surface area contributed by atoms with Crippen LogP contribution in [0.4, 0.5) is 0 Å². The van der Waals surface area contributed by atoms with E-state index < -0.39 is 0 Å². The van der Waals surface area contributed by atoms with Gasteiger partial charge in [-0.15, -0.1) is 0 Å². The number of carbonyl (C=O) groups is 1. The zero-order valence-corrected chi connectivity index (χ0v) is 14.5. The molecule has 0 saturated heterocycles. The first-order valence-corrected chi connectivity index (χ1v) is 8.56. The summed E-state index contributed by atoms with van der Waals surface area (Å²) in [5, 5.41) is 3.70. The fourth-order valence-corrected chi connectivity index (χ4v) is 2.85. The van der Waals surface area contributed by atoms with Crippen LogP contribution in [0, 0.1) is 0 Å². The lowest BCUT2D eigenvalue weighted by atomic mass is 9.91. The van der Waals surface area contributed by atoms with E-state index in [0.717, 1.165) is 16.7 Å². The zero-order valence-electron chi connectivity index (χ0n) is 13.7. The Kier molecular flexibility index (Phi) is 5.81. The van der Waals surface area contributed by atoms with Gasteiger partial charge in [-0.05, 0) is 41.3 Å². The first-order valence-electron chi connectivity index (χ1n) is 8.18. The van der Waals surface area contributed by atoms with Crippen LogP contribution in [0.2, 0.25) is 5.02 Å². The van der Waals surface area contributed by atoms with Crippen molar-refractivity contribution in [1.82, 2.24) is 10.3 Å². The summed E-state index contributed by atoms with van der Waals surface area (Å²) >= 11 is 5.99. The van der Waals surface area contributed by atoms with Crippen molar-refractivity contribution in [1.29, 1.82) is 0 Å². The van der Waals surface area contributed by atoms with Crippen LogP contribution >= 0.6 is 11.6 Å². The molecule has 1 unspecified atom stereocenters. The van der Waals surface area contributed by atoms with E-state index in [-0.39, 0.29) is 11.8 Å². The van der Waals surface area contributed by atoms with Gasteiger partial charge in [0.2, 0.25) is 5.91 Å². The molecule has 0 fully saturated rings. The van der Waals surface area contributed by atoms with Crippen molar-refractivity contribution in [2.75, 3.05) is 0 Å². The maximum Gasteiger partial charge on any atom is 0.228 e. The summed E-state index contributed by atoms with van der Waals surface area (Å²) in [4.78, 5) is 17.0. The van der Waals surface area contributed by atoms with Crippen LogP contribution < -0.4 is 5.32 Å². The molecule has 126 valence electrons. The second kappa shape index (κ2) is 8.45. The molecule has 0 saturated carbocycles. The lowest BCUT2D eigenvalue weighted by Crippen LogP contribution is -2.30. The molecule has 3 aromatic rings. The first-order chi connectivity index (χ1) is 12.2. The normalized spacial score (nSPS) is 11.7. The van der Waals surface area contributed by atoms with Crippen LogP contribution in [-0.4, -0.2) is 10.9 Å². The van der Waals surface area contributed by atoms with Gasteiger partial charge in [-0.3, -0.25) is 9.78 Å². The quantitative estimate of drug-likeness (QED) is 0.717. The van der Waals surface area contributed by atoms with Crippen LogP contribution in [0.5, 0.6) is 0 Å². The molecule has 0 radical (unpaired) electrons. The fraction of sp³-hybridized carbons (Fsp3) is 0.143. The molecule has 4 heteroatoms. The third-order valence-corrected chi connectivity index (χ3v) is 4.31. The Morgan fingerprint density at radius 3 is 2.36 bits per heavy atom. The largest absolute Gasteiger partial charge is 0.351 e. The molecular weight excluding hydrogens is 332 g/mol. The molecule has 1 heterocycles. The minimum atomic E-state index is -0.287. The Hall–Kier alpha value is -2.65. The monoisotopic (exact) mass is 350 g/mol. The zero-order chi connectivity index (χ0) is 17.5. The molecule has 1 aromatic heterocycles. The fourth-order valence-electron chi connectivity index (χ4n) is 2.72. The number of amides is 1. The molecule has 3 nitrogen and oxygen atoms in total. The van der Waals surface area contributed by atoms with E-state index in [0.29, 0.717) is 18.0 Å². The second-order valence-corrected chi connectivity index (χ2v) is 6.31. The van der Waals surface area contributed by atoms with Gasteiger partial charge in [0.25, 0.3) is 0 Å². The number of halogens is 1. The van der Waals surface area contributed by atoms with Crippen molar-refractivity contribution < 1.29 is 4.79 Å². The van der Waals surface area contributed by atoms with Crippen molar-refractivity contribution in [2.45, 2.75) is 18.9 Å². The standard InChI is InChI=1S/C21H19ClN2O/c22-19-10-8-18(9-11-19)20(13-17-7-4-12-23-14-17)21(25)24-15-16-5-2-1-3-6-16/h1-12,14,20H,13,15H2,(H,24,25). The molecule has 0 aliphatic heterocycles. The Balaban J connectivity index is 1.77. The number of benzene rings is 2. The Morgan fingerprint density at radius 2 is 1.68 bits per heavy atom. The number of nitrogens with zero attached hydrogens (tertiary/aromatic N) is 1. The van der Waals surface area contributed by atoms with E-state index in [1.54, 1.807) is 12.4 Å². The van der Waals surface area contributed by atoms with Crippen molar-refractivity contribution >= 4 is 17.5 Å². The van der Waals surface area contributed by atoms with Gasteiger partial charge in [-0.2, -0.15) is 0 Å². The highest BCUT2D eigenvalue weighted by atomic mass is 35.5. The molecule has 1 amide bonds. The minimum absolute atomic E-state index is 0.00460. The third-order valence-electron chi connectivity index (χ3n) is 4.06. The number of pyridine rings is 1. The van der Waals surface area contributed by atoms with E-state index in [1.165, 1.54) is 0 Å². The number of hydrogen-bond donors (Lipinski definition) is 1. The van der Waals surface area contributed by atoms with Gasteiger partial charge in [0.1, 0.15) is 0 Å². The molecule has 0 bridgehead atoms. The van der Waals surface area contributed by atoms with Crippen molar-refractivity contribution in [3.8, 4) is 0 Å². The highest BCUT2D eigenvalue weighted by molar-refractivity contribution is 6.30. The van der Waals surface area contributed by atoms with Crippen LogP contribution in [0.3, 0.4) is 0 Å². The van der Waals surface area contributed by atoms with Gasteiger partial charge in [0, 0.05) is 24.0 Å². The molecule has 3 rings (SSSR count). The average molecular weight is 351 g/mol. The summed E-state index contributed by atoms with van der Waals surface area (Å²) in [5.41, 5.74) is 3.04. The second-order valence-electron chi connectivity index (χ2n) is 5.87. The number of rotatable bonds is 6. The number of nitrogens with one attached hydrogen (secondary N) is 1. The average Bonchev–Trinajstić information content (AvgIpc) is 2.67. The molecule has 1 N–H and O–H groups in total. The Morgan fingerprint density at radius 1 is 0.960 bits per heavy atom. The van der Waals surface area contributed by atoms with Gasteiger partial charge in [-0.25, -0.2) is 0 Å². The van der Waals surface area contributed by atoms with Crippen LogP contribution in [0.15, 0.2) is 79.1 Å². The smallest absolute Gasteiger partial charge is 0.228 e. The van der Waals surface area contributed by atoms with Gasteiger partial charge < -0.3 is 5.32 Å². The van der Waals surface area contributed by atoms with Crippen LogP contribution in [0.1, 0.15) is 22.6 Å². The lowest BCUT2D eigenvalue weighted by Gasteiger charge is -2.17. The summed E-state index contributed by atoms with van der Waals surface area (Å²) in [7, 11) is 0. The van der Waals surface area contributed by atoms with E-state index in [1.807, 2.05) is 66.7 Å². The van der Waals surface area contributed by atoms with Crippen LogP contribution in [-0.2, 0) is 17.8 Å². The molecule has 25 heavy (non-hydrogen) atoms. The highest BCUT2D eigenvalue weighted by Gasteiger charge is 2.21. The maximum absolute atomic E-state index is 12.8. The van der Waals surface area contributed by atoms with Gasteiger partial charge >= 0.3 is 0 Å². The summed E-state index contributed by atoms with van der Waals surface area (Å²) in [6.45, 7) is 0.511. The van der Waals surface area contributed by atoms with E-state index >= 15 is 0 Å². The molecule has 0 aliphatic rings. The third kappa shape index (κ3) is 4.91. The van der Waals surface area contributed by atoms with Crippen LogP contribution in [0.25, 0.3) is 0 Å². The van der Waals surface area contributed by atoms with Crippen molar-refractivity contribution in [2.24, 2.45) is 0 Å². The summed E-state index contributed by atoms with van der Waals surface area (Å²) < 4.78 is 0. The highest BCUT2D eigenvalue weighted by Crippen LogP contribution is 2.23. The molecular formula is C21H19ClN2O. The minimum Gasteiger partial charge on any atom is -0.351 e. The van der Waals surface area contributed by atoms with Crippen molar-refractivity contribution in [3.63, 3.8) is 0 Å². The van der Waals surface area contributed by atoms with Gasteiger partial charge in [0.15, 0.2) is 0 Å². The van der Waals surface area contributed by atoms with E-state index in [9.17, 15) is 4.79 Å². The lowest BCUT2D eigenvalue weighted by molar-refractivity contribution is -0.122. The number of hydrogen-bond acceptors (Lipinski definition) is 2. The molecule has 0 aliphatic carbocycles. The van der Waals surface area contributed by atoms with E-state index in [4.69, 9.17) is 11.6 Å². The summed E-state index contributed by atoms with van der Waals surface area (Å²) in [6, 6.07) is 21.2. The molecule has 1 atom stereocenters. The van der Waals surface area contributed by atoms with E-state index in [2.05, 4.69) is 10.3 Å². The predicted octanol–water partition coefficient (Wildman–Crippen LogP) is 4.38. The summed E-state index contributed by atoms with van der Waals surface area (Å²) in [6.07, 6.45) is 4.12. The van der Waals surface area contributed by atoms with Gasteiger partial charge in [0.05, 0.1) is 5.92 Å². The number of aromatic nitrogens is 1. The first kappa shape index (κ1) is 17.2. The van der Waals surface area contributed by atoms with Crippen molar-refractivity contribution in [3.05, 3.63) is 101 Å². The predicted molar refractivity (Wildman–Crippen MR) is 100 cm³/mol. The Bertz CT molecular complexity index is 804. The van der Waals surface area contributed by atoms with Gasteiger partial charge in [-0.1, -0.05) is 60.1 Å². The Labute approximate surface area is 152 Å². The topological polar surface area (TPSA) is 42.0 Å². The SMILES string of the molecule is O=C(NCc1ccccc1)C(Cc1cccnc1)c1ccc(Cl)cc1. The molecule has 2 aromatic carbocycles. The maximum atomic E-state index is 12.8. The summed E-state index contributed by atoms with van der Waals surface area (Å²) in [5.74, 6) is -0.291.